The highest BCUT2D eigenvalue weighted by molar-refractivity contribution is 5.90. The maximum Gasteiger partial charge on any atom is 0.322 e. The molecule has 0 bridgehead atoms. The minimum atomic E-state index is -0.175. The second kappa shape index (κ2) is 8.75. The first-order valence-corrected chi connectivity index (χ1v) is 8.67. The van der Waals surface area contributed by atoms with E-state index in [0.717, 1.165) is 16.9 Å². The second-order valence-electron chi connectivity index (χ2n) is 5.88. The van der Waals surface area contributed by atoms with E-state index in [1.165, 1.54) is 0 Å². The quantitative estimate of drug-likeness (QED) is 0.715. The van der Waals surface area contributed by atoms with Crippen molar-refractivity contribution in [2.75, 3.05) is 11.9 Å². The highest BCUT2D eigenvalue weighted by Gasteiger charge is 2.14. The summed E-state index contributed by atoms with van der Waals surface area (Å²) in [4.78, 5) is 26.7. The molecule has 0 spiro atoms. The first kappa shape index (κ1) is 18.3. The van der Waals surface area contributed by atoms with Gasteiger partial charge in [0.25, 0.3) is 0 Å². The van der Waals surface area contributed by atoms with Crippen molar-refractivity contribution in [1.29, 1.82) is 0 Å². The Balaban J connectivity index is 1.66. The third-order valence-electron chi connectivity index (χ3n) is 3.94. The molecule has 3 aromatic rings. The van der Waals surface area contributed by atoms with E-state index in [4.69, 9.17) is 4.74 Å². The van der Waals surface area contributed by atoms with Crippen molar-refractivity contribution in [3.05, 3.63) is 72.3 Å². The summed E-state index contributed by atoms with van der Waals surface area (Å²) >= 11 is 0. The van der Waals surface area contributed by atoms with Crippen LogP contribution >= 0.6 is 0 Å². The number of nitrogens with one attached hydrogen (secondary N) is 1. The lowest BCUT2D eigenvalue weighted by Gasteiger charge is -2.21. The van der Waals surface area contributed by atoms with E-state index in [-0.39, 0.29) is 12.0 Å². The molecule has 0 atom stereocenters. The molecule has 0 unspecified atom stereocenters. The molecule has 138 valence electrons. The number of pyridine rings is 1. The third-order valence-corrected chi connectivity index (χ3v) is 3.94. The van der Waals surface area contributed by atoms with Gasteiger partial charge < -0.3 is 15.0 Å². The number of benzene rings is 1. The molecular formula is C20H21N5O2. The molecule has 7 nitrogen and oxygen atoms in total. The smallest absolute Gasteiger partial charge is 0.322 e. The lowest BCUT2D eigenvalue weighted by Crippen LogP contribution is -2.34. The van der Waals surface area contributed by atoms with E-state index in [0.29, 0.717) is 18.8 Å². The number of aromatic nitrogens is 3. The Bertz CT molecular complexity index is 887. The van der Waals surface area contributed by atoms with Gasteiger partial charge >= 0.3 is 12.0 Å². The molecule has 0 aliphatic rings. The van der Waals surface area contributed by atoms with Gasteiger partial charge in [-0.2, -0.15) is 0 Å². The van der Waals surface area contributed by atoms with Gasteiger partial charge in [0.05, 0.1) is 12.2 Å². The van der Waals surface area contributed by atoms with Crippen molar-refractivity contribution < 1.29 is 9.53 Å². The van der Waals surface area contributed by atoms with Crippen molar-refractivity contribution in [2.24, 2.45) is 0 Å². The molecule has 1 N–H and O–H groups in total. The number of aryl methyl sites for hydroxylation is 1. The third kappa shape index (κ3) is 5.01. The number of carbonyl (C=O) groups excluding carboxylic acids is 1. The number of hydrogen-bond donors (Lipinski definition) is 1. The first-order chi connectivity index (χ1) is 13.2. The molecule has 0 aliphatic carbocycles. The summed E-state index contributed by atoms with van der Waals surface area (Å²) in [5.74, 6) is 0.609. The molecule has 0 saturated heterocycles. The molecule has 0 fully saturated rings. The molecule has 2 amide bonds. The molecule has 3 rings (SSSR count). The number of rotatable bonds is 6. The molecule has 0 aliphatic heterocycles. The van der Waals surface area contributed by atoms with E-state index in [1.807, 2.05) is 38.1 Å². The summed E-state index contributed by atoms with van der Waals surface area (Å²) < 4.78 is 5.61. The van der Waals surface area contributed by atoms with E-state index in [2.05, 4.69) is 20.3 Å². The van der Waals surface area contributed by atoms with Gasteiger partial charge in [0, 0.05) is 30.8 Å². The van der Waals surface area contributed by atoms with Crippen molar-refractivity contribution in [1.82, 2.24) is 19.9 Å². The van der Waals surface area contributed by atoms with Crippen LogP contribution in [0.15, 0.2) is 61.1 Å². The predicted octanol–water partition coefficient (Wildman–Crippen LogP) is 4.03. The van der Waals surface area contributed by atoms with E-state index in [1.54, 1.807) is 41.7 Å². The van der Waals surface area contributed by atoms with Crippen LogP contribution in [-0.4, -0.2) is 32.4 Å². The summed E-state index contributed by atoms with van der Waals surface area (Å²) in [7, 11) is 0. The normalized spacial score (nSPS) is 10.3. The van der Waals surface area contributed by atoms with Gasteiger partial charge in [0.2, 0.25) is 0 Å². The zero-order chi connectivity index (χ0) is 19.1. The Kier molecular flexibility index (Phi) is 5.94. The van der Waals surface area contributed by atoms with E-state index < -0.39 is 0 Å². The number of hydrogen-bond acceptors (Lipinski definition) is 5. The Morgan fingerprint density at radius 2 is 1.85 bits per heavy atom. The van der Waals surface area contributed by atoms with Crippen LogP contribution in [0.25, 0.3) is 0 Å². The summed E-state index contributed by atoms with van der Waals surface area (Å²) in [6.45, 7) is 4.87. The second-order valence-corrected chi connectivity index (χ2v) is 5.88. The molecule has 27 heavy (non-hydrogen) atoms. The maximum absolute atomic E-state index is 12.6. The van der Waals surface area contributed by atoms with Gasteiger partial charge in [-0.1, -0.05) is 6.07 Å². The monoisotopic (exact) mass is 363 g/mol. The van der Waals surface area contributed by atoms with Crippen LogP contribution in [0.4, 0.5) is 10.5 Å². The molecular weight excluding hydrogens is 342 g/mol. The van der Waals surface area contributed by atoms with Crippen LogP contribution in [0.1, 0.15) is 18.2 Å². The van der Waals surface area contributed by atoms with Crippen molar-refractivity contribution >= 4 is 11.7 Å². The highest BCUT2D eigenvalue weighted by Crippen LogP contribution is 2.24. The van der Waals surface area contributed by atoms with Crippen LogP contribution in [0.3, 0.4) is 0 Å². The average molecular weight is 363 g/mol. The van der Waals surface area contributed by atoms with Crippen molar-refractivity contribution in [3.8, 4) is 11.8 Å². The highest BCUT2D eigenvalue weighted by atomic mass is 16.5. The summed E-state index contributed by atoms with van der Waals surface area (Å²) in [5, 5.41) is 2.94. The number of nitrogens with zero attached hydrogens (tertiary/aromatic N) is 4. The minimum absolute atomic E-state index is 0.175. The molecule has 2 aromatic heterocycles. The van der Waals surface area contributed by atoms with Crippen LogP contribution in [0.2, 0.25) is 0 Å². The number of amides is 2. The van der Waals surface area contributed by atoms with Gasteiger partial charge in [-0.05, 0) is 55.8 Å². The average Bonchev–Trinajstić information content (AvgIpc) is 2.69. The van der Waals surface area contributed by atoms with Crippen LogP contribution in [0, 0.1) is 6.92 Å². The van der Waals surface area contributed by atoms with Gasteiger partial charge in [0.1, 0.15) is 5.75 Å². The lowest BCUT2D eigenvalue weighted by atomic mass is 10.2. The molecule has 7 heteroatoms. The molecule has 2 heterocycles. The Morgan fingerprint density at radius 1 is 1.07 bits per heavy atom. The fourth-order valence-electron chi connectivity index (χ4n) is 2.49. The number of ether oxygens (including phenoxy) is 1. The lowest BCUT2D eigenvalue weighted by molar-refractivity contribution is 0.211. The fraction of sp³-hybridized carbons (Fsp3) is 0.200. The van der Waals surface area contributed by atoms with Crippen LogP contribution < -0.4 is 10.1 Å². The molecule has 0 radical (unpaired) electrons. The summed E-state index contributed by atoms with van der Waals surface area (Å²) in [5.41, 5.74) is 2.45. The standard InChI is InChI=1S/C20H21N5O2/c1-3-25(14-16-7-4-5-10-21-16)20(26)24-18-9-8-17(13-15(18)2)27-19-22-11-6-12-23-19/h4-13H,3,14H2,1-2H3,(H,24,26). The maximum atomic E-state index is 12.6. The SMILES string of the molecule is CCN(Cc1ccccn1)C(=O)Nc1ccc(Oc2ncccn2)cc1C. The van der Waals surface area contributed by atoms with Crippen LogP contribution in [0.5, 0.6) is 11.8 Å². The van der Waals surface area contributed by atoms with E-state index in [9.17, 15) is 4.79 Å². The number of urea groups is 1. The first-order valence-electron chi connectivity index (χ1n) is 8.67. The van der Waals surface area contributed by atoms with Crippen molar-refractivity contribution in [2.45, 2.75) is 20.4 Å². The van der Waals surface area contributed by atoms with Gasteiger partial charge in [-0.15, -0.1) is 0 Å². The summed E-state index contributed by atoms with van der Waals surface area (Å²) in [6.07, 6.45) is 4.95. The largest absolute Gasteiger partial charge is 0.424 e. The molecule has 0 saturated carbocycles. The number of carbonyl (C=O) groups is 1. The van der Waals surface area contributed by atoms with Gasteiger partial charge in [-0.25, -0.2) is 14.8 Å². The Morgan fingerprint density at radius 3 is 2.52 bits per heavy atom. The van der Waals surface area contributed by atoms with Gasteiger partial charge in [0.15, 0.2) is 0 Å². The van der Waals surface area contributed by atoms with Crippen molar-refractivity contribution in [3.63, 3.8) is 0 Å². The zero-order valence-electron chi connectivity index (χ0n) is 15.3. The van der Waals surface area contributed by atoms with Crippen LogP contribution in [-0.2, 0) is 6.54 Å². The summed E-state index contributed by atoms with van der Waals surface area (Å²) in [6, 6.07) is 12.9. The fourth-order valence-corrected chi connectivity index (χ4v) is 2.49. The topological polar surface area (TPSA) is 80.2 Å². The van der Waals surface area contributed by atoms with Gasteiger partial charge in [-0.3, -0.25) is 4.98 Å². The van der Waals surface area contributed by atoms with E-state index >= 15 is 0 Å². The molecule has 1 aromatic carbocycles. The minimum Gasteiger partial charge on any atom is -0.424 e. The Hall–Kier alpha value is -3.48. The predicted molar refractivity (Wildman–Crippen MR) is 103 cm³/mol. The zero-order valence-corrected chi connectivity index (χ0v) is 15.3. The number of anilines is 1. The Labute approximate surface area is 158 Å².